The van der Waals surface area contributed by atoms with Gasteiger partial charge in [-0.2, -0.15) is 0 Å². The average molecular weight is 224 g/mol. The number of sulfone groups is 1. The van der Waals surface area contributed by atoms with E-state index in [2.05, 4.69) is 4.98 Å². The fourth-order valence-electron chi connectivity index (χ4n) is 1.69. The van der Waals surface area contributed by atoms with Crippen LogP contribution < -0.4 is 5.73 Å². The molecule has 0 radical (unpaired) electrons. The van der Waals surface area contributed by atoms with Gasteiger partial charge >= 0.3 is 0 Å². The predicted octanol–water partition coefficient (Wildman–Crippen LogP) is 1.03. The van der Waals surface area contributed by atoms with Crippen LogP contribution in [0.3, 0.4) is 0 Å². The molecule has 0 aliphatic carbocycles. The lowest BCUT2D eigenvalue weighted by atomic mass is 10.2. The van der Waals surface area contributed by atoms with E-state index in [1.54, 1.807) is 18.3 Å². The van der Waals surface area contributed by atoms with Gasteiger partial charge in [0.1, 0.15) is 0 Å². The Hall–Kier alpha value is -1.33. The van der Waals surface area contributed by atoms with Gasteiger partial charge in [0.25, 0.3) is 0 Å². The van der Waals surface area contributed by atoms with Crippen molar-refractivity contribution < 1.29 is 8.42 Å². The first kappa shape index (κ1) is 10.2. The van der Waals surface area contributed by atoms with Crippen LogP contribution in [0, 0.1) is 0 Å². The van der Waals surface area contributed by atoms with E-state index in [4.69, 9.17) is 5.73 Å². The maximum atomic E-state index is 11.6. The molecule has 0 saturated heterocycles. The van der Waals surface area contributed by atoms with Crippen molar-refractivity contribution >= 4 is 20.7 Å². The Morgan fingerprint density at radius 2 is 2.13 bits per heavy atom. The van der Waals surface area contributed by atoms with Crippen LogP contribution in [-0.2, 0) is 16.4 Å². The van der Waals surface area contributed by atoms with E-state index in [-0.39, 0.29) is 0 Å². The van der Waals surface area contributed by atoms with Gasteiger partial charge in [0.05, 0.1) is 4.90 Å². The predicted molar refractivity (Wildman–Crippen MR) is 59.3 cm³/mol. The molecule has 0 unspecified atom stereocenters. The Morgan fingerprint density at radius 3 is 2.73 bits per heavy atom. The van der Waals surface area contributed by atoms with Crippen molar-refractivity contribution in [1.29, 1.82) is 0 Å². The quantitative estimate of drug-likeness (QED) is 0.800. The SMILES string of the molecule is CS(=O)(=O)c1cccc2[nH]cc(CN)c12. The number of aromatic nitrogens is 1. The van der Waals surface area contributed by atoms with Crippen LogP contribution in [0.25, 0.3) is 10.9 Å². The van der Waals surface area contributed by atoms with Gasteiger partial charge in [0, 0.05) is 29.9 Å². The molecular weight excluding hydrogens is 212 g/mol. The maximum absolute atomic E-state index is 11.6. The fourth-order valence-corrected chi connectivity index (χ4v) is 2.63. The van der Waals surface area contributed by atoms with Crippen LogP contribution >= 0.6 is 0 Å². The number of benzene rings is 1. The van der Waals surface area contributed by atoms with Crippen molar-refractivity contribution in [3.05, 3.63) is 30.0 Å². The molecule has 0 atom stereocenters. The van der Waals surface area contributed by atoms with E-state index >= 15 is 0 Å². The second-order valence-corrected chi connectivity index (χ2v) is 5.45. The smallest absolute Gasteiger partial charge is 0.176 e. The molecule has 0 aliphatic rings. The third-order valence-corrected chi connectivity index (χ3v) is 3.51. The summed E-state index contributed by atoms with van der Waals surface area (Å²) in [5, 5.41) is 0.711. The number of hydrogen-bond acceptors (Lipinski definition) is 3. The number of aromatic amines is 1. The molecule has 3 N–H and O–H groups in total. The molecule has 0 amide bonds. The minimum absolute atomic E-state index is 0.326. The van der Waals surface area contributed by atoms with Gasteiger partial charge in [-0.25, -0.2) is 8.42 Å². The van der Waals surface area contributed by atoms with Gasteiger partial charge in [-0.1, -0.05) is 6.07 Å². The third-order valence-electron chi connectivity index (χ3n) is 2.37. The van der Waals surface area contributed by atoms with E-state index in [0.29, 0.717) is 16.8 Å². The standard InChI is InChI=1S/C10H12N2O2S/c1-15(13,14)9-4-2-3-8-10(9)7(5-11)6-12-8/h2-4,6,12H,5,11H2,1H3. The monoisotopic (exact) mass is 224 g/mol. The molecule has 2 aromatic rings. The molecule has 5 heteroatoms. The molecule has 0 fully saturated rings. The number of hydrogen-bond donors (Lipinski definition) is 2. The Morgan fingerprint density at radius 1 is 1.40 bits per heavy atom. The maximum Gasteiger partial charge on any atom is 0.176 e. The number of fused-ring (bicyclic) bond motifs is 1. The first-order valence-corrected chi connectivity index (χ1v) is 6.42. The first-order chi connectivity index (χ1) is 7.04. The summed E-state index contributed by atoms with van der Waals surface area (Å²) in [5.41, 5.74) is 7.19. The summed E-state index contributed by atoms with van der Waals surface area (Å²) in [6.45, 7) is 0.326. The zero-order valence-corrected chi connectivity index (χ0v) is 9.14. The zero-order chi connectivity index (χ0) is 11.1. The molecule has 0 bridgehead atoms. The molecule has 80 valence electrons. The lowest BCUT2D eigenvalue weighted by Gasteiger charge is -2.02. The van der Waals surface area contributed by atoms with Gasteiger partial charge in [-0.3, -0.25) is 0 Å². The second-order valence-electron chi connectivity index (χ2n) is 3.47. The molecule has 4 nitrogen and oxygen atoms in total. The van der Waals surface area contributed by atoms with Gasteiger partial charge in [-0.15, -0.1) is 0 Å². The summed E-state index contributed by atoms with van der Waals surface area (Å²) in [4.78, 5) is 3.34. The summed E-state index contributed by atoms with van der Waals surface area (Å²) in [5.74, 6) is 0. The summed E-state index contributed by atoms with van der Waals surface area (Å²) in [6.07, 6.45) is 2.95. The Balaban J connectivity index is 2.90. The second kappa shape index (κ2) is 3.36. The van der Waals surface area contributed by atoms with Crippen LogP contribution in [0.2, 0.25) is 0 Å². The minimum Gasteiger partial charge on any atom is -0.361 e. The van der Waals surface area contributed by atoms with Crippen molar-refractivity contribution in [2.45, 2.75) is 11.4 Å². The van der Waals surface area contributed by atoms with E-state index < -0.39 is 9.84 Å². The highest BCUT2D eigenvalue weighted by atomic mass is 32.2. The Bertz CT molecular complexity index is 599. The van der Waals surface area contributed by atoms with Crippen LogP contribution in [0.1, 0.15) is 5.56 Å². The number of nitrogens with two attached hydrogens (primary N) is 1. The molecule has 1 aromatic heterocycles. The summed E-state index contributed by atoms with van der Waals surface area (Å²) in [6, 6.07) is 5.16. The lowest BCUT2D eigenvalue weighted by molar-refractivity contribution is 0.602. The minimum atomic E-state index is -3.21. The van der Waals surface area contributed by atoms with Crippen LogP contribution in [-0.4, -0.2) is 19.7 Å². The summed E-state index contributed by atoms with van der Waals surface area (Å²) >= 11 is 0. The molecule has 0 saturated carbocycles. The highest BCUT2D eigenvalue weighted by Crippen LogP contribution is 2.25. The van der Waals surface area contributed by atoms with Crippen LogP contribution in [0.5, 0.6) is 0 Å². The largest absolute Gasteiger partial charge is 0.361 e. The van der Waals surface area contributed by atoms with Crippen LogP contribution in [0.4, 0.5) is 0 Å². The molecule has 0 aliphatic heterocycles. The van der Waals surface area contributed by atoms with Gasteiger partial charge in [0.2, 0.25) is 0 Å². The molecule has 2 rings (SSSR count). The van der Waals surface area contributed by atoms with Crippen molar-refractivity contribution in [1.82, 2.24) is 4.98 Å². The van der Waals surface area contributed by atoms with Crippen molar-refractivity contribution in [3.63, 3.8) is 0 Å². The molecule has 1 heterocycles. The molecule has 1 aromatic carbocycles. The number of nitrogens with one attached hydrogen (secondary N) is 1. The van der Waals surface area contributed by atoms with Crippen molar-refractivity contribution in [2.75, 3.05) is 6.26 Å². The molecular formula is C10H12N2O2S. The Labute approximate surface area is 88.0 Å². The molecule has 0 spiro atoms. The first-order valence-electron chi connectivity index (χ1n) is 4.53. The van der Waals surface area contributed by atoms with Gasteiger partial charge < -0.3 is 10.7 Å². The number of rotatable bonds is 2. The van der Waals surface area contributed by atoms with Crippen molar-refractivity contribution in [2.24, 2.45) is 5.73 Å². The van der Waals surface area contributed by atoms with E-state index in [1.807, 2.05) is 6.07 Å². The van der Waals surface area contributed by atoms with Gasteiger partial charge in [0.15, 0.2) is 9.84 Å². The van der Waals surface area contributed by atoms with E-state index in [1.165, 1.54) is 6.26 Å². The topological polar surface area (TPSA) is 76.0 Å². The van der Waals surface area contributed by atoms with E-state index in [9.17, 15) is 8.42 Å². The lowest BCUT2D eigenvalue weighted by Crippen LogP contribution is -2.01. The average Bonchev–Trinajstić information content (AvgIpc) is 2.58. The highest BCUT2D eigenvalue weighted by Gasteiger charge is 2.14. The normalized spacial score (nSPS) is 12.1. The van der Waals surface area contributed by atoms with Crippen LogP contribution in [0.15, 0.2) is 29.3 Å². The van der Waals surface area contributed by atoms with E-state index in [0.717, 1.165) is 11.1 Å². The summed E-state index contributed by atoms with van der Waals surface area (Å²) < 4.78 is 23.1. The molecule has 15 heavy (non-hydrogen) atoms. The summed E-state index contributed by atoms with van der Waals surface area (Å²) in [7, 11) is -3.21. The zero-order valence-electron chi connectivity index (χ0n) is 8.32. The van der Waals surface area contributed by atoms with Gasteiger partial charge in [-0.05, 0) is 17.7 Å². The number of H-pyrrole nitrogens is 1. The fraction of sp³-hybridized carbons (Fsp3) is 0.200. The third kappa shape index (κ3) is 1.64. The Kier molecular flexibility index (Phi) is 2.28. The van der Waals surface area contributed by atoms with Crippen molar-refractivity contribution in [3.8, 4) is 0 Å². The highest BCUT2D eigenvalue weighted by molar-refractivity contribution is 7.91.